The van der Waals surface area contributed by atoms with E-state index < -0.39 is 11.9 Å². The normalized spacial score (nSPS) is 19.8. The van der Waals surface area contributed by atoms with Gasteiger partial charge >= 0.3 is 5.97 Å². The lowest BCUT2D eigenvalue weighted by molar-refractivity contribution is -0.140. The fourth-order valence-electron chi connectivity index (χ4n) is 4.81. The molecule has 0 bridgehead atoms. The smallest absolute Gasteiger partial charge is 0.336 e. The minimum atomic E-state index is -0.440. The third-order valence-electron chi connectivity index (χ3n) is 6.42. The van der Waals surface area contributed by atoms with Gasteiger partial charge in [0.05, 0.1) is 32.3 Å². The average molecular weight is 498 g/mol. The van der Waals surface area contributed by atoms with Crippen LogP contribution in [0.15, 0.2) is 58.3 Å². The molecule has 0 amide bonds. The lowest BCUT2D eigenvalue weighted by atomic mass is 9.73. The van der Waals surface area contributed by atoms with E-state index in [1.165, 1.54) is 11.3 Å². The molecule has 8 heteroatoms. The lowest BCUT2D eigenvalue weighted by Gasteiger charge is -2.36. The second kappa shape index (κ2) is 11.1. The van der Waals surface area contributed by atoms with Crippen molar-refractivity contribution in [2.75, 3.05) is 34.0 Å². The summed E-state index contributed by atoms with van der Waals surface area (Å²) in [5, 5.41) is 5.34. The first kappa shape index (κ1) is 25.0. The van der Waals surface area contributed by atoms with Crippen molar-refractivity contribution in [3.8, 4) is 11.5 Å². The van der Waals surface area contributed by atoms with Gasteiger partial charge in [0.1, 0.15) is 6.61 Å². The SMILES string of the molecule is CCOCCOC(=O)C1=C(C)NC2=C(C(=O)C[C@H](c3ccc(OC)c(OC)c3)C2)[C@H]1c1cccs1. The molecule has 2 heterocycles. The van der Waals surface area contributed by atoms with Gasteiger partial charge in [-0.1, -0.05) is 12.1 Å². The van der Waals surface area contributed by atoms with Gasteiger partial charge in [0.2, 0.25) is 0 Å². The largest absolute Gasteiger partial charge is 0.493 e. The number of methoxy groups -OCH3 is 2. The first-order valence-electron chi connectivity index (χ1n) is 11.7. The van der Waals surface area contributed by atoms with E-state index >= 15 is 0 Å². The van der Waals surface area contributed by atoms with Crippen molar-refractivity contribution >= 4 is 23.1 Å². The number of nitrogens with one attached hydrogen (secondary N) is 1. The zero-order valence-corrected chi connectivity index (χ0v) is 21.3. The van der Waals surface area contributed by atoms with E-state index in [1.54, 1.807) is 14.2 Å². The van der Waals surface area contributed by atoms with Gasteiger partial charge in [-0.05, 0) is 55.3 Å². The van der Waals surface area contributed by atoms with Crippen molar-refractivity contribution in [3.63, 3.8) is 0 Å². The molecule has 0 radical (unpaired) electrons. The maximum atomic E-state index is 13.6. The Morgan fingerprint density at radius 3 is 2.60 bits per heavy atom. The third-order valence-corrected chi connectivity index (χ3v) is 7.36. The molecule has 2 aromatic rings. The quantitative estimate of drug-likeness (QED) is 0.397. The Bertz CT molecular complexity index is 1150. The topological polar surface area (TPSA) is 83.1 Å². The van der Waals surface area contributed by atoms with E-state index in [2.05, 4.69) is 5.32 Å². The standard InChI is InChI=1S/C27H31NO6S/c1-5-33-10-11-34-27(30)24-16(2)28-19-13-18(17-8-9-21(31-3)22(15-17)32-4)14-20(29)25(19)26(24)23-7-6-12-35-23/h6-9,12,15,18,26,28H,5,10-11,13-14H2,1-4H3/t18-,26+/m1/s1. The lowest BCUT2D eigenvalue weighted by Crippen LogP contribution is -2.36. The maximum absolute atomic E-state index is 13.6. The fraction of sp³-hybridized carbons (Fsp3) is 0.407. The molecule has 1 aromatic heterocycles. The van der Waals surface area contributed by atoms with E-state index in [9.17, 15) is 9.59 Å². The molecule has 1 aliphatic carbocycles. The van der Waals surface area contributed by atoms with Gasteiger partial charge in [0.25, 0.3) is 0 Å². The second-order valence-electron chi connectivity index (χ2n) is 8.48. The number of allylic oxidation sites excluding steroid dienone is 3. The van der Waals surface area contributed by atoms with Gasteiger partial charge in [-0.25, -0.2) is 4.79 Å². The molecule has 0 fully saturated rings. The number of thiophene rings is 1. The number of Topliss-reactive ketones (excluding diaryl/α,β-unsaturated/α-hetero) is 1. The highest BCUT2D eigenvalue weighted by Crippen LogP contribution is 2.47. The minimum Gasteiger partial charge on any atom is -0.493 e. The van der Waals surface area contributed by atoms with Gasteiger partial charge in [-0.3, -0.25) is 4.79 Å². The molecule has 7 nitrogen and oxygen atoms in total. The number of carbonyl (C=O) groups is 2. The Hall–Kier alpha value is -3.10. The van der Waals surface area contributed by atoms with Crippen molar-refractivity contribution in [3.05, 3.63) is 68.7 Å². The number of benzene rings is 1. The van der Waals surface area contributed by atoms with E-state index in [-0.39, 0.29) is 18.3 Å². The van der Waals surface area contributed by atoms with Crippen LogP contribution in [0, 0.1) is 0 Å². The van der Waals surface area contributed by atoms with Crippen LogP contribution in [0.4, 0.5) is 0 Å². The third kappa shape index (κ3) is 5.13. The minimum absolute atomic E-state index is 0.00923. The number of hydrogen-bond acceptors (Lipinski definition) is 8. The zero-order chi connectivity index (χ0) is 24.9. The molecular formula is C27H31NO6S. The number of hydrogen-bond donors (Lipinski definition) is 1. The summed E-state index contributed by atoms with van der Waals surface area (Å²) in [5.41, 5.74) is 3.74. The molecular weight excluding hydrogens is 466 g/mol. The van der Waals surface area contributed by atoms with Crippen molar-refractivity contribution in [2.45, 2.75) is 38.5 Å². The van der Waals surface area contributed by atoms with E-state index in [1.807, 2.05) is 49.6 Å². The Morgan fingerprint density at radius 1 is 1.11 bits per heavy atom. The van der Waals surface area contributed by atoms with E-state index in [0.717, 1.165) is 16.1 Å². The van der Waals surface area contributed by atoms with Crippen molar-refractivity contribution in [1.82, 2.24) is 5.32 Å². The molecule has 35 heavy (non-hydrogen) atoms. The molecule has 2 aliphatic rings. The fourth-order valence-corrected chi connectivity index (χ4v) is 5.65. The highest BCUT2D eigenvalue weighted by Gasteiger charge is 2.42. The molecule has 1 aliphatic heterocycles. The Morgan fingerprint density at radius 2 is 1.91 bits per heavy atom. The average Bonchev–Trinajstić information content (AvgIpc) is 3.39. The maximum Gasteiger partial charge on any atom is 0.336 e. The van der Waals surface area contributed by atoms with Gasteiger partial charge in [-0.15, -0.1) is 11.3 Å². The van der Waals surface area contributed by atoms with E-state index in [4.69, 9.17) is 18.9 Å². The molecule has 1 N–H and O–H groups in total. The van der Waals surface area contributed by atoms with Gasteiger partial charge < -0.3 is 24.3 Å². The summed E-state index contributed by atoms with van der Waals surface area (Å²) in [4.78, 5) is 27.7. The molecule has 2 atom stereocenters. The van der Waals surface area contributed by atoms with Crippen molar-refractivity contribution in [1.29, 1.82) is 0 Å². The predicted octanol–water partition coefficient (Wildman–Crippen LogP) is 4.71. The summed E-state index contributed by atoms with van der Waals surface area (Å²) < 4.78 is 21.6. The summed E-state index contributed by atoms with van der Waals surface area (Å²) in [6.07, 6.45) is 1.01. The Labute approximate surface area is 209 Å². The van der Waals surface area contributed by atoms with Crippen LogP contribution >= 0.6 is 11.3 Å². The molecule has 0 saturated carbocycles. The summed E-state index contributed by atoms with van der Waals surface area (Å²) in [6, 6.07) is 9.70. The first-order chi connectivity index (χ1) is 17.0. The summed E-state index contributed by atoms with van der Waals surface area (Å²) in [5.74, 6) is 0.449. The highest BCUT2D eigenvalue weighted by molar-refractivity contribution is 7.10. The predicted molar refractivity (Wildman–Crippen MR) is 134 cm³/mol. The number of rotatable bonds is 9. The molecule has 0 saturated heterocycles. The van der Waals surface area contributed by atoms with Crippen LogP contribution in [0.3, 0.4) is 0 Å². The number of ether oxygens (including phenoxy) is 4. The molecule has 0 spiro atoms. The molecule has 4 rings (SSSR count). The van der Waals surface area contributed by atoms with Crippen LogP contribution in [-0.4, -0.2) is 45.8 Å². The number of esters is 1. The highest BCUT2D eigenvalue weighted by atomic mass is 32.1. The van der Waals surface area contributed by atoms with Crippen LogP contribution in [-0.2, 0) is 19.1 Å². The van der Waals surface area contributed by atoms with Gasteiger partial charge in [0, 0.05) is 34.9 Å². The van der Waals surface area contributed by atoms with Crippen molar-refractivity contribution < 1.29 is 28.5 Å². The Kier molecular flexibility index (Phi) is 7.93. The Balaban J connectivity index is 1.66. The van der Waals surface area contributed by atoms with Gasteiger partial charge in [0.15, 0.2) is 17.3 Å². The summed E-state index contributed by atoms with van der Waals surface area (Å²) >= 11 is 1.54. The molecule has 186 valence electrons. The first-order valence-corrected chi connectivity index (χ1v) is 12.6. The molecule has 1 aromatic carbocycles. The summed E-state index contributed by atoms with van der Waals surface area (Å²) in [7, 11) is 3.20. The molecule has 0 unspecified atom stereocenters. The van der Waals surface area contributed by atoms with Crippen LogP contribution in [0.5, 0.6) is 11.5 Å². The van der Waals surface area contributed by atoms with E-state index in [0.29, 0.717) is 54.4 Å². The van der Waals surface area contributed by atoms with Crippen LogP contribution in [0.2, 0.25) is 0 Å². The van der Waals surface area contributed by atoms with Crippen LogP contribution in [0.25, 0.3) is 0 Å². The number of carbonyl (C=O) groups excluding carboxylic acids is 2. The van der Waals surface area contributed by atoms with Gasteiger partial charge in [-0.2, -0.15) is 0 Å². The number of dihydropyridines is 1. The summed E-state index contributed by atoms with van der Waals surface area (Å²) in [6.45, 7) is 4.83. The monoisotopic (exact) mass is 497 g/mol. The number of ketones is 1. The zero-order valence-electron chi connectivity index (χ0n) is 20.5. The van der Waals surface area contributed by atoms with Crippen LogP contribution < -0.4 is 14.8 Å². The van der Waals surface area contributed by atoms with Crippen LogP contribution in [0.1, 0.15) is 49.0 Å². The van der Waals surface area contributed by atoms with Crippen molar-refractivity contribution in [2.24, 2.45) is 0 Å². The second-order valence-corrected chi connectivity index (χ2v) is 9.46.